The molecule has 4 nitrogen and oxygen atoms in total. The summed E-state index contributed by atoms with van der Waals surface area (Å²) in [6.07, 6.45) is 3.39. The number of aromatic nitrogens is 2. The van der Waals surface area contributed by atoms with Crippen LogP contribution in [0.2, 0.25) is 5.02 Å². The summed E-state index contributed by atoms with van der Waals surface area (Å²) in [6, 6.07) is 5.53. The van der Waals surface area contributed by atoms with E-state index in [1.165, 1.54) is 11.3 Å². The summed E-state index contributed by atoms with van der Waals surface area (Å²) in [4.78, 5) is 4.81. The quantitative estimate of drug-likeness (QED) is 0.776. The Morgan fingerprint density at radius 2 is 2.00 bits per heavy atom. The van der Waals surface area contributed by atoms with E-state index in [0.717, 1.165) is 16.0 Å². The van der Waals surface area contributed by atoms with E-state index in [9.17, 15) is 0 Å². The van der Waals surface area contributed by atoms with Crippen molar-refractivity contribution in [1.29, 1.82) is 0 Å². The number of anilines is 1. The highest BCUT2D eigenvalue weighted by atomic mass is 35.5. The van der Waals surface area contributed by atoms with E-state index in [2.05, 4.69) is 10.1 Å². The molecule has 0 radical (unpaired) electrons. The lowest BCUT2D eigenvalue weighted by molar-refractivity contribution is 0.437. The lowest BCUT2D eigenvalue weighted by Gasteiger charge is -2.00. The zero-order valence-corrected chi connectivity index (χ0v) is 10.7. The zero-order chi connectivity index (χ0) is 12.5. The van der Waals surface area contributed by atoms with Gasteiger partial charge in [-0.05, 0) is 29.1 Å². The van der Waals surface area contributed by atoms with Gasteiger partial charge >= 0.3 is 0 Å². The zero-order valence-electron chi connectivity index (χ0n) is 9.13. The van der Waals surface area contributed by atoms with Gasteiger partial charge in [0, 0.05) is 12.4 Å². The van der Waals surface area contributed by atoms with Crippen LogP contribution >= 0.6 is 22.9 Å². The maximum atomic E-state index is 6.11. The fourth-order valence-electron chi connectivity index (χ4n) is 1.71. The number of hydrogen-bond acceptors (Lipinski definition) is 5. The van der Waals surface area contributed by atoms with E-state index in [1.54, 1.807) is 12.4 Å². The van der Waals surface area contributed by atoms with Crippen molar-refractivity contribution in [3.8, 4) is 21.8 Å². The fraction of sp³-hybridized carbons (Fsp3) is 0. The summed E-state index contributed by atoms with van der Waals surface area (Å²) in [5.41, 5.74) is 7.52. The highest BCUT2D eigenvalue weighted by molar-refractivity contribution is 7.14. The van der Waals surface area contributed by atoms with Gasteiger partial charge in [0.1, 0.15) is 0 Å². The summed E-state index contributed by atoms with van der Waals surface area (Å²) in [5.74, 6) is 0.944. The van der Waals surface area contributed by atoms with Gasteiger partial charge in [0.2, 0.25) is 0 Å². The van der Waals surface area contributed by atoms with Crippen molar-refractivity contribution in [2.45, 2.75) is 0 Å². The van der Waals surface area contributed by atoms with Crippen LogP contribution in [0.5, 0.6) is 0 Å². The lowest BCUT2D eigenvalue weighted by Crippen LogP contribution is -1.88. The van der Waals surface area contributed by atoms with E-state index in [0.29, 0.717) is 16.6 Å². The first-order chi connectivity index (χ1) is 8.77. The Hall–Kier alpha value is -1.85. The Bertz CT molecular complexity index is 678. The van der Waals surface area contributed by atoms with Crippen molar-refractivity contribution in [2.24, 2.45) is 0 Å². The molecular weight excluding hydrogens is 270 g/mol. The number of nitrogens with two attached hydrogens (primary N) is 1. The second-order valence-corrected chi connectivity index (χ2v) is 4.93. The number of halogens is 1. The smallest absolute Gasteiger partial charge is 0.188 e. The van der Waals surface area contributed by atoms with Crippen molar-refractivity contribution < 1.29 is 4.52 Å². The minimum atomic E-state index is 0.348. The highest BCUT2D eigenvalue weighted by Crippen LogP contribution is 2.41. The topological polar surface area (TPSA) is 64.9 Å². The molecule has 0 aliphatic carbocycles. The molecular formula is C12H8ClN3OS. The Morgan fingerprint density at radius 1 is 1.22 bits per heavy atom. The molecule has 0 saturated heterocycles. The van der Waals surface area contributed by atoms with Crippen LogP contribution in [0, 0.1) is 0 Å². The molecule has 3 rings (SSSR count). The Kier molecular flexibility index (Phi) is 2.77. The SMILES string of the molecule is Nc1noc(-c2sccc2Cl)c1-c1ccncc1. The predicted molar refractivity (Wildman–Crippen MR) is 72.5 cm³/mol. The summed E-state index contributed by atoms with van der Waals surface area (Å²) < 4.78 is 5.31. The molecule has 0 aliphatic rings. The molecule has 0 bridgehead atoms. The fourth-order valence-corrected chi connectivity index (χ4v) is 2.84. The molecule has 90 valence electrons. The third-order valence-corrected chi connectivity index (χ3v) is 3.85. The third kappa shape index (κ3) is 1.77. The second-order valence-electron chi connectivity index (χ2n) is 3.61. The standard InChI is InChI=1S/C12H8ClN3OS/c13-8-3-6-18-11(8)10-9(12(14)16-17-10)7-1-4-15-5-2-7/h1-6H,(H2,14,16). The summed E-state index contributed by atoms with van der Waals surface area (Å²) in [7, 11) is 0. The lowest BCUT2D eigenvalue weighted by atomic mass is 10.1. The number of nitrogen functional groups attached to an aromatic ring is 1. The van der Waals surface area contributed by atoms with E-state index in [1.807, 2.05) is 23.6 Å². The van der Waals surface area contributed by atoms with Gasteiger partial charge in [-0.2, -0.15) is 0 Å². The van der Waals surface area contributed by atoms with Crippen LogP contribution in [0.15, 0.2) is 40.5 Å². The van der Waals surface area contributed by atoms with Gasteiger partial charge in [-0.25, -0.2) is 0 Å². The summed E-state index contributed by atoms with van der Waals surface area (Å²) in [6.45, 7) is 0. The second kappa shape index (κ2) is 4.44. The number of rotatable bonds is 2. The number of nitrogens with zero attached hydrogens (tertiary/aromatic N) is 2. The molecule has 0 spiro atoms. The molecule has 0 unspecified atom stereocenters. The molecule has 0 aliphatic heterocycles. The maximum absolute atomic E-state index is 6.11. The van der Waals surface area contributed by atoms with E-state index < -0.39 is 0 Å². The first kappa shape index (κ1) is 11.3. The predicted octanol–water partition coefficient (Wildman–Crippen LogP) is 3.70. The summed E-state index contributed by atoms with van der Waals surface area (Å²) in [5, 5.41) is 6.35. The first-order valence-electron chi connectivity index (χ1n) is 5.16. The highest BCUT2D eigenvalue weighted by Gasteiger charge is 2.20. The number of thiophene rings is 1. The molecule has 0 amide bonds. The van der Waals surface area contributed by atoms with Gasteiger partial charge in [0.05, 0.1) is 15.5 Å². The van der Waals surface area contributed by atoms with Crippen LogP contribution in [0.1, 0.15) is 0 Å². The normalized spacial score (nSPS) is 10.7. The van der Waals surface area contributed by atoms with Crippen molar-refractivity contribution in [1.82, 2.24) is 10.1 Å². The molecule has 0 fully saturated rings. The average Bonchev–Trinajstić information content (AvgIpc) is 2.96. The molecule has 0 atom stereocenters. The molecule has 3 aromatic heterocycles. The van der Waals surface area contributed by atoms with Gasteiger partial charge in [-0.15, -0.1) is 11.3 Å². The molecule has 3 aromatic rings. The molecule has 2 N–H and O–H groups in total. The Balaban J connectivity index is 2.22. The van der Waals surface area contributed by atoms with Crippen molar-refractivity contribution in [2.75, 3.05) is 5.73 Å². The molecule has 3 heterocycles. The van der Waals surface area contributed by atoms with E-state index >= 15 is 0 Å². The van der Waals surface area contributed by atoms with Crippen LogP contribution in [0.25, 0.3) is 21.8 Å². The van der Waals surface area contributed by atoms with Gasteiger partial charge in [-0.3, -0.25) is 4.98 Å². The van der Waals surface area contributed by atoms with Gasteiger partial charge < -0.3 is 10.3 Å². The number of pyridine rings is 1. The minimum absolute atomic E-state index is 0.348. The maximum Gasteiger partial charge on any atom is 0.188 e. The minimum Gasteiger partial charge on any atom is -0.380 e. The van der Waals surface area contributed by atoms with Crippen molar-refractivity contribution >= 4 is 28.8 Å². The van der Waals surface area contributed by atoms with Crippen LogP contribution in [-0.2, 0) is 0 Å². The Morgan fingerprint density at radius 3 is 2.67 bits per heavy atom. The monoisotopic (exact) mass is 277 g/mol. The van der Waals surface area contributed by atoms with Gasteiger partial charge in [0.15, 0.2) is 11.6 Å². The average molecular weight is 278 g/mol. The van der Waals surface area contributed by atoms with Crippen LogP contribution in [0.4, 0.5) is 5.82 Å². The largest absolute Gasteiger partial charge is 0.380 e. The Labute approximate surface area is 112 Å². The van der Waals surface area contributed by atoms with Crippen molar-refractivity contribution in [3.63, 3.8) is 0 Å². The van der Waals surface area contributed by atoms with Crippen molar-refractivity contribution in [3.05, 3.63) is 41.0 Å². The van der Waals surface area contributed by atoms with E-state index in [4.69, 9.17) is 21.9 Å². The van der Waals surface area contributed by atoms with Crippen LogP contribution in [0.3, 0.4) is 0 Å². The van der Waals surface area contributed by atoms with Gasteiger partial charge in [0.25, 0.3) is 0 Å². The summed E-state index contributed by atoms with van der Waals surface area (Å²) >= 11 is 7.60. The van der Waals surface area contributed by atoms with Gasteiger partial charge in [-0.1, -0.05) is 16.8 Å². The van der Waals surface area contributed by atoms with E-state index in [-0.39, 0.29) is 0 Å². The molecule has 0 aromatic carbocycles. The first-order valence-corrected chi connectivity index (χ1v) is 6.42. The van der Waals surface area contributed by atoms with Crippen LogP contribution < -0.4 is 5.73 Å². The third-order valence-electron chi connectivity index (χ3n) is 2.51. The molecule has 18 heavy (non-hydrogen) atoms. The molecule has 0 saturated carbocycles. The van der Waals surface area contributed by atoms with Crippen LogP contribution in [-0.4, -0.2) is 10.1 Å². The molecule has 6 heteroatoms. The number of hydrogen-bond donors (Lipinski definition) is 1.